The van der Waals surface area contributed by atoms with Gasteiger partial charge < -0.3 is 19.8 Å². The van der Waals surface area contributed by atoms with Gasteiger partial charge in [-0.1, -0.05) is 66.2 Å². The molecule has 0 aromatic rings. The Morgan fingerprint density at radius 2 is 1.36 bits per heavy atom. The Bertz CT molecular complexity index is 309. The van der Waals surface area contributed by atoms with Gasteiger partial charge in [-0.2, -0.15) is 0 Å². The van der Waals surface area contributed by atoms with Crippen LogP contribution in [0.4, 0.5) is 0 Å². The van der Waals surface area contributed by atoms with Crippen molar-refractivity contribution in [2.24, 2.45) is 17.3 Å². The van der Waals surface area contributed by atoms with E-state index in [1.807, 2.05) is 20.8 Å². The predicted molar refractivity (Wildman–Crippen MR) is 84.8 cm³/mol. The molecular weight excluding hydrogens is 406 g/mol. The van der Waals surface area contributed by atoms with E-state index in [0.717, 1.165) is 19.3 Å². The van der Waals surface area contributed by atoms with Gasteiger partial charge in [0.05, 0.1) is 11.9 Å². The molecule has 0 aliphatic heterocycles. The molecule has 0 saturated heterocycles. The van der Waals surface area contributed by atoms with Crippen LogP contribution in [-0.4, -0.2) is 60.8 Å². The smallest absolute Gasteiger partial charge is 0.549 e. The van der Waals surface area contributed by atoms with Gasteiger partial charge in [0.2, 0.25) is 0 Å². The molecule has 5 heteroatoms. The average Bonchev–Trinajstić information content (AvgIpc) is 2.34. The molecule has 0 N–H and O–H groups in total. The second-order valence-electron chi connectivity index (χ2n) is 7.05. The zero-order valence-electron chi connectivity index (χ0n) is 14.7. The summed E-state index contributed by atoms with van der Waals surface area (Å²) in [6.45, 7) is 8.25. The van der Waals surface area contributed by atoms with Crippen LogP contribution < -0.4 is 10.2 Å². The number of carboxylic acid groups (broad SMARTS) is 2. The first-order valence-electron chi connectivity index (χ1n) is 8.11. The molecule has 0 rings (SSSR count). The molecule has 0 amide bonds. The largest absolute Gasteiger partial charge is 2.00 e. The van der Waals surface area contributed by atoms with Crippen molar-refractivity contribution in [3.05, 3.63) is 0 Å². The van der Waals surface area contributed by atoms with Crippen molar-refractivity contribution in [1.82, 2.24) is 0 Å². The monoisotopic (exact) mass is 436 g/mol. The molecular formula is C17H30BaO4. The third-order valence-electron chi connectivity index (χ3n) is 4.22. The van der Waals surface area contributed by atoms with Crippen molar-refractivity contribution >= 4 is 60.8 Å². The molecule has 0 aromatic heterocycles. The average molecular weight is 436 g/mol. The fourth-order valence-electron chi connectivity index (χ4n) is 2.65. The maximum Gasteiger partial charge on any atom is 2.00 e. The van der Waals surface area contributed by atoms with Crippen LogP contribution in [0.2, 0.25) is 0 Å². The number of carboxylic acids is 2. The maximum absolute atomic E-state index is 10.9. The van der Waals surface area contributed by atoms with Crippen LogP contribution in [0.3, 0.4) is 0 Å². The number of hydrogen-bond donors (Lipinski definition) is 0. The van der Waals surface area contributed by atoms with Crippen molar-refractivity contribution in [3.63, 3.8) is 0 Å². The molecule has 1 unspecified atom stereocenters. The Kier molecular flexibility index (Phi) is 14.5. The molecule has 0 fully saturated rings. The van der Waals surface area contributed by atoms with Gasteiger partial charge in [0.15, 0.2) is 0 Å². The third kappa shape index (κ3) is 11.1. The zero-order valence-corrected chi connectivity index (χ0v) is 19.1. The number of hydrogen-bond acceptors (Lipinski definition) is 4. The van der Waals surface area contributed by atoms with Gasteiger partial charge in [-0.25, -0.2) is 0 Å². The summed E-state index contributed by atoms with van der Waals surface area (Å²) >= 11 is 0. The summed E-state index contributed by atoms with van der Waals surface area (Å²) < 4.78 is 0. The first kappa shape index (κ1) is 24.8. The van der Waals surface area contributed by atoms with Gasteiger partial charge in [-0.05, 0) is 24.2 Å². The van der Waals surface area contributed by atoms with Gasteiger partial charge in [0.1, 0.15) is 0 Å². The molecule has 0 saturated carbocycles. The van der Waals surface area contributed by atoms with Crippen LogP contribution in [0.5, 0.6) is 0 Å². The van der Waals surface area contributed by atoms with E-state index in [-0.39, 0.29) is 66.6 Å². The molecule has 22 heavy (non-hydrogen) atoms. The fraction of sp³-hybridized carbons (Fsp3) is 0.882. The molecule has 0 aliphatic rings. The van der Waals surface area contributed by atoms with Crippen molar-refractivity contribution in [2.75, 3.05) is 0 Å². The molecule has 0 heterocycles. The molecule has 4 nitrogen and oxygen atoms in total. The Hall–Kier alpha value is 0.511. The van der Waals surface area contributed by atoms with Crippen LogP contribution in [0.15, 0.2) is 0 Å². The Morgan fingerprint density at radius 3 is 1.77 bits per heavy atom. The van der Waals surface area contributed by atoms with Crippen molar-refractivity contribution in [2.45, 2.75) is 79.1 Å². The number of aliphatic carboxylic acids is 2. The molecule has 0 aliphatic carbocycles. The first-order chi connectivity index (χ1) is 9.70. The Labute approximate surface area is 175 Å². The standard InChI is InChI=1S/C17H32O4.Ba/c1-5-6-7-8-9-10-11-13(17(2,3)4)12-14(15(18)19)16(20)21;/h13-14H,5-12H2,1-4H3,(H,18,19)(H,20,21);/q;+2/p-2. The molecule has 124 valence electrons. The van der Waals surface area contributed by atoms with Crippen LogP contribution in [0.1, 0.15) is 79.1 Å². The topological polar surface area (TPSA) is 80.3 Å². The number of rotatable bonds is 11. The molecule has 0 spiro atoms. The Balaban J connectivity index is 0. The third-order valence-corrected chi connectivity index (χ3v) is 4.22. The van der Waals surface area contributed by atoms with E-state index in [9.17, 15) is 19.8 Å². The number of carbonyl (C=O) groups is 2. The van der Waals surface area contributed by atoms with Gasteiger partial charge in [-0.3, -0.25) is 0 Å². The SMILES string of the molecule is CCCCCCCCC(CC(C(=O)[O-])C(=O)[O-])C(C)(C)C.[Ba+2]. The summed E-state index contributed by atoms with van der Waals surface area (Å²) in [5.41, 5.74) is -0.118. The maximum atomic E-state index is 10.9. The molecule has 0 bridgehead atoms. The predicted octanol–water partition coefficient (Wildman–Crippen LogP) is 1.52. The number of unbranched alkanes of at least 4 members (excludes halogenated alkanes) is 5. The van der Waals surface area contributed by atoms with E-state index in [4.69, 9.17) is 0 Å². The van der Waals surface area contributed by atoms with Gasteiger partial charge in [-0.15, -0.1) is 0 Å². The zero-order chi connectivity index (χ0) is 16.5. The fourth-order valence-corrected chi connectivity index (χ4v) is 2.65. The van der Waals surface area contributed by atoms with Crippen LogP contribution in [-0.2, 0) is 9.59 Å². The minimum atomic E-state index is -1.54. The summed E-state index contributed by atoms with van der Waals surface area (Å²) in [5.74, 6) is -4.53. The summed E-state index contributed by atoms with van der Waals surface area (Å²) in [6, 6.07) is 0. The summed E-state index contributed by atoms with van der Waals surface area (Å²) in [7, 11) is 0. The minimum absolute atomic E-state index is 0. The van der Waals surface area contributed by atoms with Crippen LogP contribution in [0.25, 0.3) is 0 Å². The summed E-state index contributed by atoms with van der Waals surface area (Å²) in [4.78, 5) is 21.8. The van der Waals surface area contributed by atoms with E-state index < -0.39 is 17.9 Å². The van der Waals surface area contributed by atoms with E-state index in [0.29, 0.717) is 0 Å². The quantitative estimate of drug-likeness (QED) is 0.280. The Morgan fingerprint density at radius 1 is 0.909 bits per heavy atom. The van der Waals surface area contributed by atoms with E-state index in [1.165, 1.54) is 25.7 Å². The molecule has 0 aromatic carbocycles. The molecule has 1 atom stereocenters. The van der Waals surface area contributed by atoms with Gasteiger partial charge in [0.25, 0.3) is 0 Å². The van der Waals surface area contributed by atoms with E-state index in [2.05, 4.69) is 6.92 Å². The van der Waals surface area contributed by atoms with Gasteiger partial charge >= 0.3 is 48.9 Å². The van der Waals surface area contributed by atoms with Crippen LogP contribution >= 0.6 is 0 Å². The van der Waals surface area contributed by atoms with Crippen molar-refractivity contribution in [3.8, 4) is 0 Å². The second-order valence-corrected chi connectivity index (χ2v) is 7.05. The van der Waals surface area contributed by atoms with E-state index in [1.54, 1.807) is 0 Å². The number of carbonyl (C=O) groups excluding carboxylic acids is 2. The first-order valence-corrected chi connectivity index (χ1v) is 8.11. The summed E-state index contributed by atoms with van der Waals surface area (Å²) in [6.07, 6.45) is 7.97. The van der Waals surface area contributed by atoms with Gasteiger partial charge in [0, 0.05) is 5.92 Å². The summed E-state index contributed by atoms with van der Waals surface area (Å²) in [5, 5.41) is 21.8. The van der Waals surface area contributed by atoms with Crippen molar-refractivity contribution < 1.29 is 19.8 Å². The van der Waals surface area contributed by atoms with Crippen molar-refractivity contribution in [1.29, 1.82) is 0 Å². The normalized spacial score (nSPS) is 12.8. The minimum Gasteiger partial charge on any atom is -0.549 e. The van der Waals surface area contributed by atoms with E-state index >= 15 is 0 Å². The van der Waals surface area contributed by atoms with Crippen LogP contribution in [0, 0.1) is 17.3 Å². The second kappa shape index (κ2) is 12.9. The molecule has 0 radical (unpaired) electrons.